The molecule has 0 radical (unpaired) electrons. The van der Waals surface area contributed by atoms with Crippen LogP contribution in [0.25, 0.3) is 27.4 Å². The average Bonchev–Trinajstić information content (AvgIpc) is 0.754. The third-order valence-electron chi connectivity index (χ3n) is 17.8. The molecule has 0 atom stereocenters. The molecule has 3 N–H and O–H groups in total. The molecule has 0 fully saturated rings. The van der Waals surface area contributed by atoms with Crippen LogP contribution in [-0.2, 0) is 37.3 Å². The standard InChI is InChI=1S/C73H109N4O10P/c1-4-6-8-10-12-14-16-18-20-22-24-26-28-30-32-38-53-85-55-50-73(65-48-40-44-61-42-34-36-46-63(61)65,66-49-41-45-62-43-35-37-47-64(62)66)67-69(77-58-60(3)68(78)74-71(77)80)75(51-57-87-59-88(82,83)84)72(81)76(70(67)79)52-56-86-54-39-33-31-29-27-25-23-21-19-17-15-13-11-9-7-5-2/h34-37,40-49,58H,4-33,38-39,50-57,59H2,1-3H3,(H,74,78,80)(H2,82,83,84). The van der Waals surface area contributed by atoms with E-state index in [9.17, 15) is 23.9 Å². The molecule has 0 saturated carbocycles. The predicted molar refractivity (Wildman–Crippen MR) is 362 cm³/mol. The monoisotopic (exact) mass is 1230 g/mol. The average molecular weight is 1230 g/mol. The second kappa shape index (κ2) is 40.5. The number of H-pyrrole nitrogens is 1. The smallest absolute Gasteiger partial charge is 0.350 e. The Balaban J connectivity index is 1.30. The van der Waals surface area contributed by atoms with E-state index in [1.165, 1.54) is 182 Å². The molecule has 0 aliphatic carbocycles. The minimum atomic E-state index is -4.64. The molecule has 2 heterocycles. The molecule has 88 heavy (non-hydrogen) atoms. The van der Waals surface area contributed by atoms with Gasteiger partial charge in [-0.05, 0) is 58.9 Å². The molecule has 4 aromatic carbocycles. The Hall–Kier alpha value is -5.21. The lowest BCUT2D eigenvalue weighted by Gasteiger charge is -2.39. The summed E-state index contributed by atoms with van der Waals surface area (Å²) in [6.07, 6.45) is 40.8. The molecule has 0 aliphatic rings. The van der Waals surface area contributed by atoms with Gasteiger partial charge in [-0.2, -0.15) is 0 Å². The van der Waals surface area contributed by atoms with Crippen molar-refractivity contribution >= 4 is 29.1 Å². The highest BCUT2D eigenvalue weighted by atomic mass is 31.2. The van der Waals surface area contributed by atoms with Crippen LogP contribution in [0.4, 0.5) is 0 Å². The molecule has 0 unspecified atom stereocenters. The van der Waals surface area contributed by atoms with Crippen molar-refractivity contribution in [1.82, 2.24) is 18.7 Å². The lowest BCUT2D eigenvalue weighted by Crippen LogP contribution is -2.51. The maximum atomic E-state index is 16.5. The van der Waals surface area contributed by atoms with Crippen molar-refractivity contribution in [2.24, 2.45) is 0 Å². The fourth-order valence-corrected chi connectivity index (χ4v) is 13.2. The molecule has 0 spiro atoms. The van der Waals surface area contributed by atoms with Gasteiger partial charge in [0.2, 0.25) is 0 Å². The highest BCUT2D eigenvalue weighted by Gasteiger charge is 2.45. The Morgan fingerprint density at radius 1 is 0.466 bits per heavy atom. The number of fused-ring (bicyclic) bond motifs is 2. The quantitative estimate of drug-likeness (QED) is 0.0245. The van der Waals surface area contributed by atoms with E-state index in [1.807, 2.05) is 84.9 Å². The van der Waals surface area contributed by atoms with Crippen molar-refractivity contribution in [1.29, 1.82) is 0 Å². The van der Waals surface area contributed by atoms with Gasteiger partial charge in [-0.15, -0.1) is 0 Å². The lowest BCUT2D eigenvalue weighted by molar-refractivity contribution is 0.116. The first-order valence-corrected chi connectivity index (χ1v) is 36.2. The minimum absolute atomic E-state index is 0.0387. The van der Waals surface area contributed by atoms with E-state index < -0.39 is 41.9 Å². The predicted octanol–water partition coefficient (Wildman–Crippen LogP) is 16.9. The molecule has 2 aromatic heterocycles. The molecule has 0 aliphatic heterocycles. The van der Waals surface area contributed by atoms with Gasteiger partial charge in [-0.3, -0.25) is 32.8 Å². The van der Waals surface area contributed by atoms with E-state index in [0.717, 1.165) is 75.8 Å². The van der Waals surface area contributed by atoms with Gasteiger partial charge in [0.15, 0.2) is 0 Å². The van der Waals surface area contributed by atoms with Gasteiger partial charge in [-0.1, -0.05) is 291 Å². The van der Waals surface area contributed by atoms with Gasteiger partial charge in [0.25, 0.3) is 11.1 Å². The first kappa shape index (κ1) is 71.9. The molecular formula is C73H109N4O10P. The molecule has 6 rings (SSSR count). The molecule has 14 nitrogen and oxygen atoms in total. The summed E-state index contributed by atoms with van der Waals surface area (Å²) in [7, 11) is -4.64. The van der Waals surface area contributed by atoms with Gasteiger partial charge >= 0.3 is 19.0 Å². The van der Waals surface area contributed by atoms with Crippen LogP contribution in [0.3, 0.4) is 0 Å². The SMILES string of the molecule is CCCCCCCCCCCCCCCCCCOCCn1c(=O)c(C(CCOCCCCCCCCCCCCCCCCCC)(c2cccc3ccccc23)c2cccc3ccccc23)c(-n2cc(C)c(=O)[nH]c2=O)n(CCOCP(=O)(O)O)c1=O. The number of ether oxygens (including phenoxy) is 3. The number of nitrogens with one attached hydrogen (secondary N) is 1. The van der Waals surface area contributed by atoms with E-state index in [2.05, 4.69) is 18.8 Å². The summed E-state index contributed by atoms with van der Waals surface area (Å²) in [5.41, 5.74) is -2.76. The molecule has 0 amide bonds. The van der Waals surface area contributed by atoms with E-state index in [1.54, 1.807) is 6.92 Å². The number of unbranched alkanes of at least 4 members (excludes halogenated alkanes) is 30. The van der Waals surface area contributed by atoms with Crippen molar-refractivity contribution in [2.75, 3.05) is 39.4 Å². The molecule has 15 heteroatoms. The summed E-state index contributed by atoms with van der Waals surface area (Å²) in [4.78, 5) is 81.9. The van der Waals surface area contributed by atoms with Crippen LogP contribution >= 0.6 is 7.60 Å². The summed E-state index contributed by atoms with van der Waals surface area (Å²) >= 11 is 0. The molecule has 486 valence electrons. The van der Waals surface area contributed by atoms with Gasteiger partial charge in [-0.25, -0.2) is 9.59 Å². The van der Waals surface area contributed by atoms with Crippen LogP contribution in [0, 0.1) is 6.92 Å². The highest BCUT2D eigenvalue weighted by molar-refractivity contribution is 7.51. The summed E-state index contributed by atoms with van der Waals surface area (Å²) in [5, 5.41) is 3.48. The van der Waals surface area contributed by atoms with Gasteiger partial charge in [0, 0.05) is 31.6 Å². The Labute approximate surface area is 525 Å². The molecule has 0 saturated heterocycles. The number of hydrogen-bond donors (Lipinski definition) is 3. The third kappa shape index (κ3) is 22.9. The van der Waals surface area contributed by atoms with Crippen molar-refractivity contribution in [2.45, 2.75) is 251 Å². The number of hydrogen-bond acceptors (Lipinski definition) is 8. The number of rotatable bonds is 49. The number of aromatic nitrogens is 4. The Bertz CT molecular complexity index is 3160. The van der Waals surface area contributed by atoms with Crippen LogP contribution in [0.2, 0.25) is 0 Å². The summed E-state index contributed by atoms with van der Waals surface area (Å²) in [6.45, 7) is 6.39. The topological polar surface area (TPSA) is 184 Å². The minimum Gasteiger partial charge on any atom is -0.381 e. The fraction of sp³-hybridized carbons (Fsp3) is 0.616. The van der Waals surface area contributed by atoms with Crippen LogP contribution in [0.5, 0.6) is 0 Å². The number of aromatic amines is 1. The van der Waals surface area contributed by atoms with E-state index in [-0.39, 0.29) is 56.3 Å². The van der Waals surface area contributed by atoms with E-state index in [4.69, 9.17) is 14.2 Å². The number of aryl methyl sites for hydroxylation is 1. The Kier molecular flexibility index (Phi) is 33.1. The Morgan fingerprint density at radius 3 is 1.30 bits per heavy atom. The van der Waals surface area contributed by atoms with Crippen molar-refractivity contribution < 1.29 is 28.6 Å². The zero-order valence-electron chi connectivity index (χ0n) is 54.1. The van der Waals surface area contributed by atoms with Gasteiger partial charge in [0.05, 0.1) is 37.3 Å². The maximum Gasteiger partial charge on any atom is 0.350 e. The molecule has 6 aromatic rings. The summed E-state index contributed by atoms with van der Waals surface area (Å²) in [6, 6.07) is 27.9. The summed E-state index contributed by atoms with van der Waals surface area (Å²) in [5.74, 6) is -0.108. The first-order valence-electron chi connectivity index (χ1n) is 34.4. The van der Waals surface area contributed by atoms with Gasteiger partial charge < -0.3 is 24.0 Å². The van der Waals surface area contributed by atoms with Crippen molar-refractivity contribution in [3.05, 3.63) is 155 Å². The normalized spacial score (nSPS) is 12.1. The fourth-order valence-electron chi connectivity index (χ4n) is 12.9. The second-order valence-corrected chi connectivity index (χ2v) is 26.4. The van der Waals surface area contributed by atoms with Crippen molar-refractivity contribution in [3.63, 3.8) is 0 Å². The van der Waals surface area contributed by atoms with Crippen LogP contribution in [0.15, 0.2) is 110 Å². The number of nitrogens with zero attached hydrogens (tertiary/aromatic N) is 3. The van der Waals surface area contributed by atoms with Crippen molar-refractivity contribution in [3.8, 4) is 5.82 Å². The van der Waals surface area contributed by atoms with Gasteiger partial charge in [0.1, 0.15) is 12.2 Å². The largest absolute Gasteiger partial charge is 0.381 e. The second-order valence-electron chi connectivity index (χ2n) is 24.8. The number of benzene rings is 4. The zero-order valence-corrected chi connectivity index (χ0v) is 55.0. The van der Waals surface area contributed by atoms with Crippen LogP contribution in [0.1, 0.15) is 248 Å². The summed E-state index contributed by atoms with van der Waals surface area (Å²) < 4.78 is 34.3. The Morgan fingerprint density at radius 2 is 0.852 bits per heavy atom. The first-order chi connectivity index (χ1) is 42.9. The van der Waals surface area contributed by atoms with Crippen LogP contribution in [-0.4, -0.2) is 67.9 Å². The zero-order chi connectivity index (χ0) is 62.7. The molecule has 0 bridgehead atoms. The maximum absolute atomic E-state index is 16.5. The van der Waals surface area contributed by atoms with Crippen LogP contribution < -0.4 is 22.5 Å². The third-order valence-corrected chi connectivity index (χ3v) is 18.3. The highest BCUT2D eigenvalue weighted by Crippen LogP contribution is 2.48. The van der Waals surface area contributed by atoms with E-state index in [0.29, 0.717) is 13.2 Å². The van der Waals surface area contributed by atoms with E-state index >= 15 is 9.59 Å². The molecular weight excluding hydrogens is 1120 g/mol. The lowest BCUT2D eigenvalue weighted by atomic mass is 9.65.